The van der Waals surface area contributed by atoms with Crippen LogP contribution in [0.4, 0.5) is 5.69 Å². The summed E-state index contributed by atoms with van der Waals surface area (Å²) in [7, 11) is 0. The number of thiazole rings is 1. The minimum Gasteiger partial charge on any atom is -0.321 e. The van der Waals surface area contributed by atoms with Crippen molar-refractivity contribution >= 4 is 33.1 Å². The molecule has 1 amide bonds. The smallest absolute Gasteiger partial charge is 0.276 e. The summed E-state index contributed by atoms with van der Waals surface area (Å²) in [4.78, 5) is 29.7. The quantitative estimate of drug-likeness (QED) is 0.374. The lowest BCUT2D eigenvalue weighted by Gasteiger charge is -2.09. The predicted octanol–water partition coefficient (Wildman–Crippen LogP) is 5.44. The van der Waals surface area contributed by atoms with Crippen molar-refractivity contribution in [3.05, 3.63) is 112 Å². The van der Waals surface area contributed by atoms with Crippen LogP contribution < -0.4 is 10.9 Å². The Bertz CT molecular complexity index is 1550. The number of anilines is 1. The molecule has 2 heterocycles. The van der Waals surface area contributed by atoms with Gasteiger partial charge in [-0.3, -0.25) is 9.59 Å². The number of amides is 1. The first-order valence-electron chi connectivity index (χ1n) is 10.9. The molecule has 2 aromatic heterocycles. The van der Waals surface area contributed by atoms with E-state index in [4.69, 9.17) is 4.98 Å². The highest BCUT2D eigenvalue weighted by Crippen LogP contribution is 2.31. The Morgan fingerprint density at radius 3 is 2.41 bits per heavy atom. The zero-order valence-electron chi connectivity index (χ0n) is 18.8. The normalized spacial score (nSPS) is 11.0. The van der Waals surface area contributed by atoms with Crippen molar-refractivity contribution in [2.24, 2.45) is 0 Å². The number of hydrogen-bond donors (Lipinski definition) is 1. The molecule has 0 radical (unpaired) electrons. The van der Waals surface area contributed by atoms with Crippen LogP contribution in [0.1, 0.15) is 27.2 Å². The number of carbonyl (C=O) groups is 1. The molecule has 5 aromatic rings. The standard InChI is InChI=1S/C27H22N4O2S/c1-17-3-6-19(7-4-17)16-31-25(32)14-13-23(30-31)26(33)28-21-10-8-20(9-11-21)27-29-22-12-5-18(2)15-24(22)34-27/h3-15H,16H2,1-2H3,(H,28,33). The Balaban J connectivity index is 1.32. The minimum atomic E-state index is -0.374. The van der Waals surface area contributed by atoms with Crippen LogP contribution >= 0.6 is 11.3 Å². The number of hydrogen-bond acceptors (Lipinski definition) is 5. The summed E-state index contributed by atoms with van der Waals surface area (Å²) in [5.41, 5.74) is 5.82. The molecule has 0 aliphatic heterocycles. The van der Waals surface area contributed by atoms with E-state index in [1.807, 2.05) is 61.5 Å². The average molecular weight is 467 g/mol. The van der Waals surface area contributed by atoms with E-state index in [2.05, 4.69) is 29.5 Å². The van der Waals surface area contributed by atoms with Gasteiger partial charge >= 0.3 is 0 Å². The topological polar surface area (TPSA) is 76.9 Å². The Labute approximate surface area is 200 Å². The lowest BCUT2D eigenvalue weighted by Crippen LogP contribution is -2.26. The summed E-state index contributed by atoms with van der Waals surface area (Å²) >= 11 is 1.64. The van der Waals surface area contributed by atoms with Gasteiger partial charge in [-0.1, -0.05) is 35.9 Å². The van der Waals surface area contributed by atoms with Crippen LogP contribution in [0.2, 0.25) is 0 Å². The van der Waals surface area contributed by atoms with Gasteiger partial charge in [-0.15, -0.1) is 11.3 Å². The molecule has 0 saturated carbocycles. The van der Waals surface area contributed by atoms with Gasteiger partial charge in [-0.05, 0) is 67.4 Å². The molecule has 34 heavy (non-hydrogen) atoms. The van der Waals surface area contributed by atoms with Crippen LogP contribution in [0.3, 0.4) is 0 Å². The Morgan fingerprint density at radius 1 is 0.912 bits per heavy atom. The molecule has 0 aliphatic rings. The minimum absolute atomic E-state index is 0.178. The third-order valence-corrected chi connectivity index (χ3v) is 6.55. The number of aryl methyl sites for hydroxylation is 2. The summed E-state index contributed by atoms with van der Waals surface area (Å²) < 4.78 is 2.46. The van der Waals surface area contributed by atoms with Gasteiger partial charge in [0.1, 0.15) is 10.7 Å². The third-order valence-electron chi connectivity index (χ3n) is 5.49. The number of rotatable bonds is 5. The van der Waals surface area contributed by atoms with Crippen LogP contribution in [0, 0.1) is 13.8 Å². The fourth-order valence-electron chi connectivity index (χ4n) is 3.60. The van der Waals surface area contributed by atoms with Gasteiger partial charge in [-0.2, -0.15) is 5.10 Å². The fraction of sp³-hybridized carbons (Fsp3) is 0.111. The zero-order chi connectivity index (χ0) is 23.7. The van der Waals surface area contributed by atoms with Gasteiger partial charge in [0.15, 0.2) is 0 Å². The van der Waals surface area contributed by atoms with Crippen LogP contribution in [-0.2, 0) is 6.54 Å². The maximum atomic E-state index is 12.8. The zero-order valence-corrected chi connectivity index (χ0v) is 19.6. The van der Waals surface area contributed by atoms with E-state index in [9.17, 15) is 9.59 Å². The number of nitrogens with zero attached hydrogens (tertiary/aromatic N) is 3. The second kappa shape index (κ2) is 9.03. The largest absolute Gasteiger partial charge is 0.321 e. The molecule has 6 nitrogen and oxygen atoms in total. The molecule has 0 unspecified atom stereocenters. The van der Waals surface area contributed by atoms with Gasteiger partial charge in [-0.25, -0.2) is 9.67 Å². The van der Waals surface area contributed by atoms with Gasteiger partial charge in [0.25, 0.3) is 11.5 Å². The summed E-state index contributed by atoms with van der Waals surface area (Å²) in [6, 6.07) is 24.5. The molecule has 3 aromatic carbocycles. The van der Waals surface area contributed by atoms with E-state index in [0.29, 0.717) is 12.2 Å². The summed E-state index contributed by atoms with van der Waals surface area (Å²) in [5, 5.41) is 8.06. The van der Waals surface area contributed by atoms with Crippen molar-refractivity contribution in [3.63, 3.8) is 0 Å². The maximum Gasteiger partial charge on any atom is 0.276 e. The first-order valence-corrected chi connectivity index (χ1v) is 11.7. The Hall–Kier alpha value is -4.10. The second-order valence-electron chi connectivity index (χ2n) is 8.22. The third kappa shape index (κ3) is 4.65. The van der Waals surface area contributed by atoms with Crippen molar-refractivity contribution in [2.75, 3.05) is 5.32 Å². The summed E-state index contributed by atoms with van der Waals surface area (Å²) in [5.74, 6) is -0.374. The lowest BCUT2D eigenvalue weighted by atomic mass is 10.1. The first-order chi connectivity index (χ1) is 16.4. The second-order valence-corrected chi connectivity index (χ2v) is 9.25. The van der Waals surface area contributed by atoms with Crippen molar-refractivity contribution in [1.82, 2.24) is 14.8 Å². The van der Waals surface area contributed by atoms with Gasteiger partial charge < -0.3 is 5.32 Å². The predicted molar refractivity (Wildman–Crippen MR) is 137 cm³/mol. The highest BCUT2D eigenvalue weighted by Gasteiger charge is 2.12. The van der Waals surface area contributed by atoms with Crippen molar-refractivity contribution in [1.29, 1.82) is 0 Å². The monoisotopic (exact) mass is 466 g/mol. The van der Waals surface area contributed by atoms with Crippen molar-refractivity contribution in [3.8, 4) is 10.6 Å². The van der Waals surface area contributed by atoms with Crippen LogP contribution in [0.5, 0.6) is 0 Å². The fourth-order valence-corrected chi connectivity index (χ4v) is 4.67. The molecule has 5 rings (SSSR count). The van der Waals surface area contributed by atoms with Crippen molar-refractivity contribution in [2.45, 2.75) is 20.4 Å². The number of fused-ring (bicyclic) bond motifs is 1. The average Bonchev–Trinajstić information content (AvgIpc) is 3.25. The van der Waals surface area contributed by atoms with E-state index in [0.717, 1.165) is 31.9 Å². The summed E-state index contributed by atoms with van der Waals surface area (Å²) in [6.45, 7) is 4.38. The van der Waals surface area contributed by atoms with Gasteiger partial charge in [0.05, 0.1) is 16.8 Å². The lowest BCUT2D eigenvalue weighted by molar-refractivity contribution is 0.102. The molecule has 0 aliphatic carbocycles. The number of aromatic nitrogens is 3. The number of carbonyl (C=O) groups excluding carboxylic acids is 1. The van der Waals surface area contributed by atoms with Crippen LogP contribution in [-0.4, -0.2) is 20.7 Å². The Morgan fingerprint density at radius 2 is 1.65 bits per heavy atom. The van der Waals surface area contributed by atoms with Crippen LogP contribution in [0.25, 0.3) is 20.8 Å². The highest BCUT2D eigenvalue weighted by molar-refractivity contribution is 7.21. The molecule has 0 fully saturated rings. The van der Waals surface area contributed by atoms with E-state index in [1.165, 1.54) is 22.4 Å². The van der Waals surface area contributed by atoms with E-state index in [-0.39, 0.29) is 17.2 Å². The SMILES string of the molecule is Cc1ccc(Cn2nc(C(=O)Nc3ccc(-c4nc5ccc(C)cc5s4)cc3)ccc2=O)cc1. The molecule has 0 atom stereocenters. The van der Waals surface area contributed by atoms with Crippen molar-refractivity contribution < 1.29 is 4.79 Å². The van der Waals surface area contributed by atoms with E-state index in [1.54, 1.807) is 11.3 Å². The van der Waals surface area contributed by atoms with E-state index >= 15 is 0 Å². The molecular formula is C27H22N4O2S. The summed E-state index contributed by atoms with van der Waals surface area (Å²) in [6.07, 6.45) is 0. The molecular weight excluding hydrogens is 444 g/mol. The molecule has 168 valence electrons. The highest BCUT2D eigenvalue weighted by atomic mass is 32.1. The molecule has 0 spiro atoms. The first kappa shape index (κ1) is 21.7. The van der Waals surface area contributed by atoms with Gasteiger partial charge in [0.2, 0.25) is 0 Å². The maximum absolute atomic E-state index is 12.8. The number of nitrogens with one attached hydrogen (secondary N) is 1. The molecule has 1 N–H and O–H groups in total. The number of benzene rings is 3. The Kier molecular flexibility index (Phi) is 5.77. The van der Waals surface area contributed by atoms with Crippen LogP contribution in [0.15, 0.2) is 83.7 Å². The molecule has 0 bridgehead atoms. The van der Waals surface area contributed by atoms with E-state index < -0.39 is 0 Å². The molecule has 7 heteroatoms. The molecule has 0 saturated heterocycles. The van der Waals surface area contributed by atoms with Gasteiger partial charge in [0, 0.05) is 17.3 Å².